The van der Waals surface area contributed by atoms with Gasteiger partial charge in [0.25, 0.3) is 0 Å². The summed E-state index contributed by atoms with van der Waals surface area (Å²) in [6.07, 6.45) is 0.0624. The van der Waals surface area contributed by atoms with E-state index in [9.17, 15) is 14.7 Å². The van der Waals surface area contributed by atoms with Crippen LogP contribution in [0.5, 0.6) is 0 Å². The monoisotopic (exact) mass is 271 g/mol. The minimum Gasteiger partial charge on any atom is -0.481 e. The molecule has 1 N–H and O–H groups in total. The first-order valence-corrected chi connectivity index (χ1v) is 6.66. The summed E-state index contributed by atoms with van der Waals surface area (Å²) in [5.74, 6) is -1.36. The van der Waals surface area contributed by atoms with Crippen molar-refractivity contribution in [2.24, 2.45) is 11.3 Å². The van der Waals surface area contributed by atoms with Gasteiger partial charge in [0.1, 0.15) is 5.60 Å². The van der Waals surface area contributed by atoms with E-state index in [0.29, 0.717) is 13.0 Å². The van der Waals surface area contributed by atoms with E-state index in [1.807, 2.05) is 41.5 Å². The number of carbonyl (C=O) groups excluding carboxylic acids is 1. The van der Waals surface area contributed by atoms with Crippen LogP contribution in [0.4, 0.5) is 4.79 Å². The second kappa shape index (κ2) is 5.02. The fourth-order valence-corrected chi connectivity index (χ4v) is 2.65. The van der Waals surface area contributed by atoms with Crippen molar-refractivity contribution in [2.45, 2.75) is 59.6 Å². The van der Waals surface area contributed by atoms with Crippen LogP contribution >= 0.6 is 0 Å². The molecule has 5 heteroatoms. The number of likely N-dealkylation sites (tertiary alicyclic amines) is 1. The Morgan fingerprint density at radius 1 is 1.16 bits per heavy atom. The predicted octanol–water partition coefficient (Wildman–Crippen LogP) is 2.74. The Labute approximate surface area is 114 Å². The van der Waals surface area contributed by atoms with Crippen LogP contribution in [0.1, 0.15) is 48.0 Å². The molecule has 0 saturated carbocycles. The van der Waals surface area contributed by atoms with E-state index in [0.717, 1.165) is 0 Å². The number of amides is 1. The molecule has 0 aromatic rings. The molecule has 1 heterocycles. The van der Waals surface area contributed by atoms with Crippen LogP contribution in [0, 0.1) is 11.3 Å². The number of hydrogen-bond acceptors (Lipinski definition) is 3. The summed E-state index contributed by atoms with van der Waals surface area (Å²) in [5, 5.41) is 9.30. The number of nitrogens with zero attached hydrogens (tertiary/aromatic N) is 1. The first-order valence-electron chi connectivity index (χ1n) is 6.66. The zero-order chi connectivity index (χ0) is 15.0. The van der Waals surface area contributed by atoms with E-state index in [-0.39, 0.29) is 11.5 Å². The Kier molecular flexibility index (Phi) is 4.17. The van der Waals surface area contributed by atoms with Gasteiger partial charge in [-0.1, -0.05) is 20.8 Å². The van der Waals surface area contributed by atoms with Gasteiger partial charge in [-0.15, -0.1) is 0 Å². The lowest BCUT2D eigenvalue weighted by Crippen LogP contribution is -2.49. The Balaban J connectivity index is 2.95. The van der Waals surface area contributed by atoms with Gasteiger partial charge in [0.15, 0.2) is 0 Å². The number of carboxylic acid groups (broad SMARTS) is 1. The summed E-state index contributed by atoms with van der Waals surface area (Å²) in [7, 11) is 0. The Hall–Kier alpha value is -1.26. The molecular weight excluding hydrogens is 246 g/mol. The summed E-state index contributed by atoms with van der Waals surface area (Å²) >= 11 is 0. The van der Waals surface area contributed by atoms with Crippen LogP contribution in [-0.2, 0) is 9.53 Å². The van der Waals surface area contributed by atoms with Crippen molar-refractivity contribution in [1.29, 1.82) is 0 Å². The van der Waals surface area contributed by atoms with Crippen molar-refractivity contribution in [3.05, 3.63) is 0 Å². The molecule has 0 spiro atoms. The highest BCUT2D eigenvalue weighted by Crippen LogP contribution is 2.37. The van der Waals surface area contributed by atoms with E-state index in [1.54, 1.807) is 4.90 Å². The third-order valence-electron chi connectivity index (χ3n) is 3.23. The highest BCUT2D eigenvalue weighted by atomic mass is 16.6. The first-order chi connectivity index (χ1) is 8.43. The molecule has 1 aliphatic rings. The summed E-state index contributed by atoms with van der Waals surface area (Å²) in [5.41, 5.74) is -0.864. The normalized spacial score (nSPS) is 24.4. The van der Waals surface area contributed by atoms with Gasteiger partial charge in [0, 0.05) is 6.54 Å². The van der Waals surface area contributed by atoms with E-state index in [2.05, 4.69) is 0 Å². The maximum Gasteiger partial charge on any atom is 0.410 e. The fourth-order valence-electron chi connectivity index (χ4n) is 2.65. The molecule has 1 amide bonds. The summed E-state index contributed by atoms with van der Waals surface area (Å²) in [6, 6.07) is -0.333. The third kappa shape index (κ3) is 3.85. The van der Waals surface area contributed by atoms with Crippen LogP contribution in [0.3, 0.4) is 0 Å². The van der Waals surface area contributed by atoms with Crippen LogP contribution in [-0.4, -0.2) is 40.3 Å². The highest BCUT2D eigenvalue weighted by Gasteiger charge is 2.48. The van der Waals surface area contributed by atoms with Crippen LogP contribution in [0.2, 0.25) is 0 Å². The van der Waals surface area contributed by atoms with Crippen LogP contribution in [0.25, 0.3) is 0 Å². The Bertz CT molecular complexity index is 365. The van der Waals surface area contributed by atoms with Gasteiger partial charge in [-0.2, -0.15) is 0 Å². The molecule has 1 aliphatic heterocycles. The second-order valence-electron chi connectivity index (χ2n) is 7.22. The van der Waals surface area contributed by atoms with Gasteiger partial charge in [-0.25, -0.2) is 4.79 Å². The zero-order valence-corrected chi connectivity index (χ0v) is 12.7. The Morgan fingerprint density at radius 3 is 2.05 bits per heavy atom. The molecule has 2 atom stereocenters. The smallest absolute Gasteiger partial charge is 0.410 e. The number of hydrogen-bond donors (Lipinski definition) is 1. The minimum atomic E-state index is -0.842. The fraction of sp³-hybridized carbons (Fsp3) is 0.857. The lowest BCUT2D eigenvalue weighted by molar-refractivity contribution is -0.143. The molecule has 1 saturated heterocycles. The molecule has 5 nitrogen and oxygen atoms in total. The summed E-state index contributed by atoms with van der Waals surface area (Å²) in [4.78, 5) is 25.1. The topological polar surface area (TPSA) is 66.8 Å². The number of aliphatic carboxylic acids is 1. The number of rotatable bonds is 1. The highest BCUT2D eigenvalue weighted by molar-refractivity contribution is 5.75. The lowest BCUT2D eigenvalue weighted by Gasteiger charge is -2.37. The molecule has 1 rings (SSSR count). The molecular formula is C14H25NO4. The molecule has 0 bridgehead atoms. The van der Waals surface area contributed by atoms with Gasteiger partial charge >= 0.3 is 12.1 Å². The second-order valence-corrected chi connectivity index (χ2v) is 7.22. The van der Waals surface area contributed by atoms with Crippen LogP contribution < -0.4 is 0 Å². The maximum absolute atomic E-state index is 12.2. The zero-order valence-electron chi connectivity index (χ0n) is 12.7. The van der Waals surface area contributed by atoms with E-state index in [1.165, 1.54) is 0 Å². The molecule has 19 heavy (non-hydrogen) atoms. The van der Waals surface area contributed by atoms with Gasteiger partial charge < -0.3 is 14.7 Å². The van der Waals surface area contributed by atoms with Crippen LogP contribution in [0.15, 0.2) is 0 Å². The first kappa shape index (κ1) is 15.8. The van der Waals surface area contributed by atoms with Crippen molar-refractivity contribution < 1.29 is 19.4 Å². The van der Waals surface area contributed by atoms with Crippen molar-refractivity contribution in [1.82, 2.24) is 4.90 Å². The average molecular weight is 271 g/mol. The van der Waals surface area contributed by atoms with E-state index >= 15 is 0 Å². The van der Waals surface area contributed by atoms with Gasteiger partial charge in [0.2, 0.25) is 0 Å². The van der Waals surface area contributed by atoms with Gasteiger partial charge in [0.05, 0.1) is 12.0 Å². The molecule has 2 unspecified atom stereocenters. The molecule has 1 fully saturated rings. The molecule has 0 aromatic heterocycles. The quantitative estimate of drug-likeness (QED) is 0.796. The minimum absolute atomic E-state index is 0.295. The van der Waals surface area contributed by atoms with Crippen molar-refractivity contribution in [2.75, 3.05) is 6.54 Å². The third-order valence-corrected chi connectivity index (χ3v) is 3.23. The van der Waals surface area contributed by atoms with E-state index in [4.69, 9.17) is 4.74 Å². The summed E-state index contributed by atoms with van der Waals surface area (Å²) < 4.78 is 5.37. The molecule has 110 valence electrons. The number of carboxylic acids is 1. The standard InChI is InChI=1S/C14H25NO4/c1-13(2,3)10-9(11(16)17)7-8-15(10)12(18)19-14(4,5)6/h9-10H,7-8H2,1-6H3,(H,16,17). The van der Waals surface area contributed by atoms with E-state index < -0.39 is 23.6 Å². The largest absolute Gasteiger partial charge is 0.481 e. The average Bonchev–Trinajstić information content (AvgIpc) is 2.57. The Morgan fingerprint density at radius 2 is 1.68 bits per heavy atom. The SMILES string of the molecule is CC(C)(C)OC(=O)N1CCC(C(=O)O)C1C(C)(C)C. The molecule has 0 aliphatic carbocycles. The van der Waals surface area contributed by atoms with Crippen molar-refractivity contribution >= 4 is 12.1 Å². The van der Waals surface area contributed by atoms with Gasteiger partial charge in [-0.3, -0.25) is 4.79 Å². The molecule has 0 aromatic carbocycles. The van der Waals surface area contributed by atoms with Crippen molar-refractivity contribution in [3.8, 4) is 0 Å². The van der Waals surface area contributed by atoms with Gasteiger partial charge in [-0.05, 0) is 32.6 Å². The lowest BCUT2D eigenvalue weighted by atomic mass is 9.79. The number of carbonyl (C=O) groups is 2. The number of ether oxygens (including phenoxy) is 1. The maximum atomic E-state index is 12.2. The predicted molar refractivity (Wildman–Crippen MR) is 71.9 cm³/mol. The molecule has 0 radical (unpaired) electrons. The van der Waals surface area contributed by atoms with Crippen molar-refractivity contribution in [3.63, 3.8) is 0 Å². The summed E-state index contributed by atoms with van der Waals surface area (Å²) in [6.45, 7) is 11.7.